The van der Waals surface area contributed by atoms with E-state index in [4.69, 9.17) is 5.26 Å². The van der Waals surface area contributed by atoms with Crippen LogP contribution in [0.1, 0.15) is 11.3 Å². The molecule has 0 aliphatic carbocycles. The molecule has 0 unspecified atom stereocenters. The Morgan fingerprint density at radius 2 is 2.08 bits per heavy atom. The van der Waals surface area contributed by atoms with E-state index in [1.165, 1.54) is 18.2 Å². The Balaban J connectivity index is 1.95. The topological polar surface area (TPSA) is 87.0 Å². The highest BCUT2D eigenvalue weighted by atomic mass is 19.4. The number of aromatic nitrogens is 1. The molecule has 0 atom stereocenters. The fourth-order valence-corrected chi connectivity index (χ4v) is 1.83. The number of hydrogen-bond acceptors (Lipinski definition) is 4. The first-order valence-electron chi connectivity index (χ1n) is 7.06. The zero-order chi connectivity index (χ0) is 18.3. The van der Waals surface area contributed by atoms with Gasteiger partial charge < -0.3 is 15.4 Å². The number of benzene rings is 1. The molecule has 0 saturated carbocycles. The third kappa shape index (κ3) is 6.02. The third-order valence-corrected chi connectivity index (χ3v) is 2.91. The molecule has 130 valence electrons. The molecule has 1 aromatic carbocycles. The third-order valence-electron chi connectivity index (χ3n) is 2.91. The number of carbonyl (C=O) groups excluding carboxylic acids is 1. The number of alkyl halides is 3. The molecule has 25 heavy (non-hydrogen) atoms. The summed E-state index contributed by atoms with van der Waals surface area (Å²) in [7, 11) is 0. The highest BCUT2D eigenvalue weighted by molar-refractivity contribution is 5.89. The van der Waals surface area contributed by atoms with E-state index in [-0.39, 0.29) is 23.5 Å². The van der Waals surface area contributed by atoms with Gasteiger partial charge >= 0.3 is 12.2 Å². The van der Waals surface area contributed by atoms with Crippen LogP contribution in [0.4, 0.5) is 23.7 Å². The quantitative estimate of drug-likeness (QED) is 0.867. The van der Waals surface area contributed by atoms with Gasteiger partial charge in [-0.05, 0) is 30.3 Å². The Hall–Kier alpha value is -3.28. The van der Waals surface area contributed by atoms with Gasteiger partial charge in [-0.1, -0.05) is 6.07 Å². The second-order valence-electron chi connectivity index (χ2n) is 4.86. The van der Waals surface area contributed by atoms with Crippen molar-refractivity contribution in [2.45, 2.75) is 12.7 Å². The van der Waals surface area contributed by atoms with E-state index in [1.54, 1.807) is 30.5 Å². The molecular weight excluding hydrogens is 337 g/mol. The molecule has 0 aliphatic heterocycles. The van der Waals surface area contributed by atoms with Crippen molar-refractivity contribution in [2.75, 3.05) is 11.9 Å². The van der Waals surface area contributed by atoms with Crippen LogP contribution in [0.2, 0.25) is 0 Å². The zero-order valence-electron chi connectivity index (χ0n) is 12.8. The molecule has 6 nitrogen and oxygen atoms in total. The molecule has 1 heterocycles. The van der Waals surface area contributed by atoms with Gasteiger partial charge in [0.15, 0.2) is 6.61 Å². The van der Waals surface area contributed by atoms with Crippen LogP contribution < -0.4 is 15.4 Å². The average Bonchev–Trinajstić information content (AvgIpc) is 2.59. The van der Waals surface area contributed by atoms with Crippen molar-refractivity contribution in [2.24, 2.45) is 0 Å². The monoisotopic (exact) mass is 350 g/mol. The highest BCUT2D eigenvalue weighted by Gasteiger charge is 2.28. The normalized spacial score (nSPS) is 10.6. The zero-order valence-corrected chi connectivity index (χ0v) is 12.8. The van der Waals surface area contributed by atoms with Crippen LogP contribution in [0, 0.1) is 11.3 Å². The standard InChI is InChI=1S/C16H13F3N4O2/c17-16(18,19)10-25-14-5-4-12(7-11(14)8-20)23-15(24)22-9-13-3-1-2-6-21-13/h1-7H,9-10H2,(H2,22,23,24). The first kappa shape index (κ1) is 18.1. The number of amides is 2. The number of hydrogen-bond donors (Lipinski definition) is 2. The maximum Gasteiger partial charge on any atom is 0.422 e. The van der Waals surface area contributed by atoms with Crippen LogP contribution in [-0.2, 0) is 6.54 Å². The van der Waals surface area contributed by atoms with Crippen molar-refractivity contribution < 1.29 is 22.7 Å². The lowest BCUT2D eigenvalue weighted by Gasteiger charge is -2.12. The number of carbonyl (C=O) groups is 1. The summed E-state index contributed by atoms with van der Waals surface area (Å²) in [5.74, 6) is -0.209. The summed E-state index contributed by atoms with van der Waals surface area (Å²) in [6, 6.07) is 10.2. The summed E-state index contributed by atoms with van der Waals surface area (Å²) in [6.45, 7) is -1.30. The Bertz CT molecular complexity index is 773. The molecule has 2 N–H and O–H groups in total. The fraction of sp³-hybridized carbons (Fsp3) is 0.188. The Morgan fingerprint density at radius 3 is 2.72 bits per heavy atom. The smallest absolute Gasteiger partial charge is 0.422 e. The van der Waals surface area contributed by atoms with Crippen LogP contribution >= 0.6 is 0 Å². The number of nitrogens with zero attached hydrogens (tertiary/aromatic N) is 2. The summed E-state index contributed by atoms with van der Waals surface area (Å²) in [4.78, 5) is 15.9. The lowest BCUT2D eigenvalue weighted by molar-refractivity contribution is -0.153. The second kappa shape index (κ2) is 8.01. The van der Waals surface area contributed by atoms with Gasteiger partial charge in [-0.15, -0.1) is 0 Å². The molecule has 0 radical (unpaired) electrons. The van der Waals surface area contributed by atoms with E-state index < -0.39 is 18.8 Å². The predicted molar refractivity (Wildman–Crippen MR) is 82.8 cm³/mol. The number of nitriles is 1. The Morgan fingerprint density at radius 1 is 1.28 bits per heavy atom. The second-order valence-corrected chi connectivity index (χ2v) is 4.86. The summed E-state index contributed by atoms with van der Waals surface area (Å²) < 4.78 is 41.1. The number of halogens is 3. The van der Waals surface area contributed by atoms with Crippen molar-refractivity contribution in [3.05, 3.63) is 53.9 Å². The SMILES string of the molecule is N#Cc1cc(NC(=O)NCc2ccccn2)ccc1OCC(F)(F)F. The van der Waals surface area contributed by atoms with Gasteiger partial charge in [-0.2, -0.15) is 18.4 Å². The molecule has 1 aromatic heterocycles. The van der Waals surface area contributed by atoms with Gasteiger partial charge in [0.1, 0.15) is 11.8 Å². The largest absolute Gasteiger partial charge is 0.483 e. The maximum absolute atomic E-state index is 12.2. The van der Waals surface area contributed by atoms with Crippen LogP contribution in [-0.4, -0.2) is 23.8 Å². The number of rotatable bonds is 5. The van der Waals surface area contributed by atoms with Gasteiger partial charge in [-0.3, -0.25) is 4.98 Å². The number of anilines is 1. The van der Waals surface area contributed by atoms with E-state index in [9.17, 15) is 18.0 Å². The number of nitrogens with one attached hydrogen (secondary N) is 2. The summed E-state index contributed by atoms with van der Waals surface area (Å²) >= 11 is 0. The van der Waals surface area contributed by atoms with Gasteiger partial charge in [-0.25, -0.2) is 4.79 Å². The van der Waals surface area contributed by atoms with Crippen molar-refractivity contribution in [1.29, 1.82) is 5.26 Å². The van der Waals surface area contributed by atoms with Crippen LogP contribution in [0.3, 0.4) is 0 Å². The van der Waals surface area contributed by atoms with E-state index in [2.05, 4.69) is 20.4 Å². The molecule has 2 aromatic rings. The van der Waals surface area contributed by atoms with Crippen LogP contribution in [0.25, 0.3) is 0 Å². The summed E-state index contributed by atoms with van der Waals surface area (Å²) in [5, 5.41) is 14.1. The number of ether oxygens (including phenoxy) is 1. The fourth-order valence-electron chi connectivity index (χ4n) is 1.83. The van der Waals surface area contributed by atoms with Gasteiger partial charge in [0, 0.05) is 11.9 Å². The molecule has 9 heteroatoms. The Labute approximate surface area is 141 Å². The minimum absolute atomic E-state index is 0.119. The number of pyridine rings is 1. The molecule has 2 amide bonds. The van der Waals surface area contributed by atoms with Gasteiger partial charge in [0.2, 0.25) is 0 Å². The van der Waals surface area contributed by atoms with Crippen molar-refractivity contribution in [3.8, 4) is 11.8 Å². The predicted octanol–water partition coefficient (Wildman–Crippen LogP) is 3.22. The van der Waals surface area contributed by atoms with E-state index >= 15 is 0 Å². The molecule has 0 bridgehead atoms. The molecule has 0 aliphatic rings. The maximum atomic E-state index is 12.2. The van der Waals surface area contributed by atoms with E-state index in [0.717, 1.165) is 0 Å². The molecule has 2 rings (SSSR count). The van der Waals surface area contributed by atoms with Crippen molar-refractivity contribution >= 4 is 11.7 Å². The van der Waals surface area contributed by atoms with E-state index in [1.807, 2.05) is 0 Å². The lowest BCUT2D eigenvalue weighted by atomic mass is 10.2. The first-order valence-corrected chi connectivity index (χ1v) is 7.06. The summed E-state index contributed by atoms with van der Waals surface area (Å²) in [6.07, 6.45) is -2.91. The summed E-state index contributed by atoms with van der Waals surface area (Å²) in [5.41, 5.74) is 0.785. The van der Waals surface area contributed by atoms with E-state index in [0.29, 0.717) is 5.69 Å². The minimum atomic E-state index is -4.50. The average molecular weight is 350 g/mol. The molecule has 0 saturated heterocycles. The Kier molecular flexibility index (Phi) is 5.79. The van der Waals surface area contributed by atoms with Gasteiger partial charge in [0.05, 0.1) is 17.8 Å². The van der Waals surface area contributed by atoms with Gasteiger partial charge in [0.25, 0.3) is 0 Å². The van der Waals surface area contributed by atoms with Crippen LogP contribution in [0.5, 0.6) is 5.75 Å². The molecule has 0 fully saturated rings. The minimum Gasteiger partial charge on any atom is -0.483 e. The van der Waals surface area contributed by atoms with Crippen LogP contribution in [0.15, 0.2) is 42.6 Å². The van der Waals surface area contributed by atoms with Crippen molar-refractivity contribution in [1.82, 2.24) is 10.3 Å². The molecular formula is C16H13F3N4O2. The number of urea groups is 1. The lowest BCUT2D eigenvalue weighted by Crippen LogP contribution is -2.28. The first-order chi connectivity index (χ1) is 11.9. The van der Waals surface area contributed by atoms with Crippen molar-refractivity contribution in [3.63, 3.8) is 0 Å². The highest BCUT2D eigenvalue weighted by Crippen LogP contribution is 2.24. The molecule has 0 spiro atoms.